The summed E-state index contributed by atoms with van der Waals surface area (Å²) in [6.45, 7) is 0.0465. The van der Waals surface area contributed by atoms with E-state index in [1.165, 1.54) is 11.0 Å². The normalized spacial score (nSPS) is 17.1. The summed E-state index contributed by atoms with van der Waals surface area (Å²) >= 11 is 6.02. The minimum atomic E-state index is -1.02. The zero-order valence-corrected chi connectivity index (χ0v) is 13.4. The standard InChI is InChI=1S/C18H14ClNO4/c19-13-6-7-15(20-10-12(18(23)24)8-16(20)21)14(9-13)17(22)11-4-2-1-3-5-11/h1-7,9,12H,8,10H2,(H,23,24)/t12-/m1/s1. The quantitative estimate of drug-likeness (QED) is 0.866. The van der Waals surface area contributed by atoms with Crippen molar-refractivity contribution < 1.29 is 19.5 Å². The zero-order chi connectivity index (χ0) is 17.3. The maximum absolute atomic E-state index is 12.8. The molecular weight excluding hydrogens is 330 g/mol. The van der Waals surface area contributed by atoms with Crippen LogP contribution in [0.2, 0.25) is 5.02 Å². The summed E-state index contributed by atoms with van der Waals surface area (Å²) in [6, 6.07) is 13.3. The lowest BCUT2D eigenvalue weighted by Crippen LogP contribution is -2.27. The van der Waals surface area contributed by atoms with Crippen molar-refractivity contribution in [1.29, 1.82) is 0 Å². The molecule has 1 aliphatic heterocycles. The van der Waals surface area contributed by atoms with E-state index in [0.29, 0.717) is 16.3 Å². The van der Waals surface area contributed by atoms with Gasteiger partial charge in [0.15, 0.2) is 5.78 Å². The number of carboxylic acid groups (broad SMARTS) is 1. The lowest BCUT2D eigenvalue weighted by Gasteiger charge is -2.20. The average molecular weight is 344 g/mol. The Kier molecular flexibility index (Phi) is 4.36. The topological polar surface area (TPSA) is 74.7 Å². The number of carboxylic acids is 1. The van der Waals surface area contributed by atoms with Gasteiger partial charge in [-0.05, 0) is 18.2 Å². The van der Waals surface area contributed by atoms with Crippen molar-refractivity contribution in [1.82, 2.24) is 0 Å². The zero-order valence-electron chi connectivity index (χ0n) is 12.6. The molecule has 0 unspecified atom stereocenters. The maximum atomic E-state index is 12.8. The fraction of sp³-hybridized carbons (Fsp3) is 0.167. The molecule has 122 valence electrons. The number of carbonyl (C=O) groups is 3. The summed E-state index contributed by atoms with van der Waals surface area (Å²) < 4.78 is 0. The number of halogens is 1. The molecule has 1 amide bonds. The Labute approximate surface area is 143 Å². The fourth-order valence-electron chi connectivity index (χ4n) is 2.78. The molecule has 0 radical (unpaired) electrons. The van der Waals surface area contributed by atoms with Gasteiger partial charge in [-0.25, -0.2) is 0 Å². The maximum Gasteiger partial charge on any atom is 0.308 e. The summed E-state index contributed by atoms with van der Waals surface area (Å²) in [5, 5.41) is 9.50. The Morgan fingerprint density at radius 3 is 2.46 bits per heavy atom. The van der Waals surface area contributed by atoms with Crippen molar-refractivity contribution >= 4 is 34.9 Å². The molecule has 1 aliphatic rings. The molecule has 0 aliphatic carbocycles. The average Bonchev–Trinajstić information content (AvgIpc) is 2.97. The summed E-state index contributed by atoms with van der Waals surface area (Å²) in [5.74, 6) is -2.37. The van der Waals surface area contributed by atoms with Crippen molar-refractivity contribution in [3.63, 3.8) is 0 Å². The van der Waals surface area contributed by atoms with E-state index in [1.54, 1.807) is 42.5 Å². The lowest BCUT2D eigenvalue weighted by atomic mass is 10.0. The molecule has 1 atom stereocenters. The molecule has 1 N–H and O–H groups in total. The second-order valence-electron chi connectivity index (χ2n) is 5.60. The molecule has 1 fully saturated rings. The highest BCUT2D eigenvalue weighted by Crippen LogP contribution is 2.31. The van der Waals surface area contributed by atoms with Gasteiger partial charge in [0.2, 0.25) is 5.91 Å². The summed E-state index contributed by atoms with van der Waals surface area (Å²) in [5.41, 5.74) is 1.15. The molecular formula is C18H14ClNO4. The number of anilines is 1. The molecule has 24 heavy (non-hydrogen) atoms. The number of benzene rings is 2. The number of aliphatic carboxylic acids is 1. The SMILES string of the molecule is O=C(c1ccccc1)c1cc(Cl)ccc1N1C[C@H](C(=O)O)CC1=O. The molecule has 1 saturated heterocycles. The smallest absolute Gasteiger partial charge is 0.308 e. The van der Waals surface area contributed by atoms with Gasteiger partial charge in [0.1, 0.15) is 0 Å². The van der Waals surface area contributed by atoms with E-state index < -0.39 is 11.9 Å². The molecule has 5 nitrogen and oxygen atoms in total. The fourth-order valence-corrected chi connectivity index (χ4v) is 2.95. The van der Waals surface area contributed by atoms with Crippen LogP contribution in [0.3, 0.4) is 0 Å². The Morgan fingerprint density at radius 1 is 1.12 bits per heavy atom. The second-order valence-corrected chi connectivity index (χ2v) is 6.04. The number of carbonyl (C=O) groups excluding carboxylic acids is 2. The van der Waals surface area contributed by atoms with Crippen molar-refractivity contribution in [3.05, 3.63) is 64.7 Å². The highest BCUT2D eigenvalue weighted by atomic mass is 35.5. The highest BCUT2D eigenvalue weighted by molar-refractivity contribution is 6.31. The summed E-state index contributed by atoms with van der Waals surface area (Å²) in [7, 11) is 0. The lowest BCUT2D eigenvalue weighted by molar-refractivity contribution is -0.141. The van der Waals surface area contributed by atoms with Gasteiger partial charge in [0, 0.05) is 29.1 Å². The van der Waals surface area contributed by atoms with Crippen molar-refractivity contribution in [2.75, 3.05) is 11.4 Å². The first-order valence-electron chi connectivity index (χ1n) is 7.40. The van der Waals surface area contributed by atoms with Crippen LogP contribution < -0.4 is 4.90 Å². The molecule has 3 rings (SSSR count). The Hall–Kier alpha value is -2.66. The predicted octanol–water partition coefficient (Wildman–Crippen LogP) is 3.01. The van der Waals surface area contributed by atoms with Crippen LogP contribution in [0.1, 0.15) is 22.3 Å². The van der Waals surface area contributed by atoms with Crippen LogP contribution in [0.4, 0.5) is 5.69 Å². The van der Waals surface area contributed by atoms with E-state index in [4.69, 9.17) is 16.7 Å². The van der Waals surface area contributed by atoms with E-state index in [-0.39, 0.29) is 30.2 Å². The van der Waals surface area contributed by atoms with Crippen LogP contribution >= 0.6 is 11.6 Å². The minimum absolute atomic E-state index is 0.0465. The number of rotatable bonds is 4. The van der Waals surface area contributed by atoms with Crippen molar-refractivity contribution in [3.8, 4) is 0 Å². The van der Waals surface area contributed by atoms with Crippen molar-refractivity contribution in [2.45, 2.75) is 6.42 Å². The molecule has 2 aromatic rings. The van der Waals surface area contributed by atoms with Gasteiger partial charge in [0.05, 0.1) is 11.6 Å². The van der Waals surface area contributed by atoms with Gasteiger partial charge in [-0.1, -0.05) is 41.9 Å². The molecule has 6 heteroatoms. The van der Waals surface area contributed by atoms with Gasteiger partial charge >= 0.3 is 5.97 Å². The molecule has 1 heterocycles. The molecule has 0 spiro atoms. The van der Waals surface area contributed by atoms with E-state index in [2.05, 4.69) is 0 Å². The number of ketones is 1. The number of amides is 1. The van der Waals surface area contributed by atoms with Gasteiger partial charge < -0.3 is 10.0 Å². The Bertz CT molecular complexity index is 819. The van der Waals surface area contributed by atoms with Crippen LogP contribution in [0, 0.1) is 5.92 Å². The molecule has 0 bridgehead atoms. The second kappa shape index (κ2) is 6.45. The molecule has 0 saturated carbocycles. The van der Waals surface area contributed by atoms with Crippen LogP contribution in [0.25, 0.3) is 0 Å². The molecule has 2 aromatic carbocycles. The third kappa shape index (κ3) is 3.03. The van der Waals surface area contributed by atoms with E-state index in [0.717, 1.165) is 0 Å². The monoisotopic (exact) mass is 343 g/mol. The van der Waals surface area contributed by atoms with Crippen molar-refractivity contribution in [2.24, 2.45) is 5.92 Å². The van der Waals surface area contributed by atoms with Crippen LogP contribution in [0.5, 0.6) is 0 Å². The highest BCUT2D eigenvalue weighted by Gasteiger charge is 2.36. The summed E-state index contributed by atoms with van der Waals surface area (Å²) in [4.78, 5) is 37.5. The molecule has 0 aromatic heterocycles. The van der Waals surface area contributed by atoms with Crippen LogP contribution in [0.15, 0.2) is 48.5 Å². The summed E-state index contributed by atoms with van der Waals surface area (Å²) in [6.07, 6.45) is -0.0725. The van der Waals surface area contributed by atoms with Gasteiger partial charge in [-0.3, -0.25) is 14.4 Å². The Balaban J connectivity index is 2.02. The van der Waals surface area contributed by atoms with Crippen LogP contribution in [-0.2, 0) is 9.59 Å². The van der Waals surface area contributed by atoms with E-state index >= 15 is 0 Å². The van der Waals surface area contributed by atoms with E-state index in [9.17, 15) is 14.4 Å². The van der Waals surface area contributed by atoms with E-state index in [1.807, 2.05) is 0 Å². The first-order valence-corrected chi connectivity index (χ1v) is 7.77. The minimum Gasteiger partial charge on any atom is -0.481 e. The first-order chi connectivity index (χ1) is 11.5. The van der Waals surface area contributed by atoms with Gasteiger partial charge in [0.25, 0.3) is 0 Å². The predicted molar refractivity (Wildman–Crippen MR) is 89.4 cm³/mol. The third-order valence-electron chi connectivity index (χ3n) is 4.00. The Morgan fingerprint density at radius 2 is 1.83 bits per heavy atom. The first kappa shape index (κ1) is 16.2. The number of nitrogens with zero attached hydrogens (tertiary/aromatic N) is 1. The number of hydrogen-bond acceptors (Lipinski definition) is 3. The largest absolute Gasteiger partial charge is 0.481 e. The van der Waals surface area contributed by atoms with Crippen LogP contribution in [-0.4, -0.2) is 29.3 Å². The number of hydrogen-bond donors (Lipinski definition) is 1. The third-order valence-corrected chi connectivity index (χ3v) is 4.24. The van der Waals surface area contributed by atoms with Gasteiger partial charge in [-0.15, -0.1) is 0 Å². The van der Waals surface area contributed by atoms with Gasteiger partial charge in [-0.2, -0.15) is 0 Å².